The summed E-state index contributed by atoms with van der Waals surface area (Å²) in [6.45, 7) is 1.81. The first-order valence-electron chi connectivity index (χ1n) is 8.10. The van der Waals surface area contributed by atoms with Crippen LogP contribution in [0.5, 0.6) is 0 Å². The van der Waals surface area contributed by atoms with Gasteiger partial charge in [-0.3, -0.25) is 9.36 Å². The van der Waals surface area contributed by atoms with Crippen LogP contribution in [0.25, 0.3) is 0 Å². The highest BCUT2D eigenvalue weighted by Crippen LogP contribution is 2.10. The second kappa shape index (κ2) is 8.77. The molecule has 0 bridgehead atoms. The van der Waals surface area contributed by atoms with E-state index in [1.54, 1.807) is 52.2 Å². The predicted octanol–water partition coefficient (Wildman–Crippen LogP) is 3.30. The van der Waals surface area contributed by atoms with Gasteiger partial charge in [0.25, 0.3) is 0 Å². The fourth-order valence-corrected chi connectivity index (χ4v) is 2.74. The molecule has 136 valence electrons. The number of aryl methyl sites for hydroxylation is 1. The quantitative estimate of drug-likeness (QED) is 0.477. The van der Waals surface area contributed by atoms with Crippen LogP contribution in [0.1, 0.15) is 12.0 Å². The van der Waals surface area contributed by atoms with Crippen LogP contribution in [-0.2, 0) is 13.1 Å². The molecule has 2 N–H and O–H groups in total. The number of rotatable bonds is 7. The first-order valence-corrected chi connectivity index (χ1v) is 8.88. The highest BCUT2D eigenvalue weighted by atomic mass is 35.5. The van der Waals surface area contributed by atoms with Gasteiger partial charge in [0.1, 0.15) is 5.82 Å². The molecule has 3 aromatic rings. The number of aromatic nitrogens is 4. The van der Waals surface area contributed by atoms with E-state index in [9.17, 15) is 4.39 Å². The van der Waals surface area contributed by atoms with Gasteiger partial charge in [-0.1, -0.05) is 29.8 Å². The van der Waals surface area contributed by atoms with Gasteiger partial charge in [-0.2, -0.15) is 10.2 Å². The Morgan fingerprint density at radius 1 is 1.23 bits per heavy atom. The van der Waals surface area contributed by atoms with Gasteiger partial charge < -0.3 is 10.6 Å². The van der Waals surface area contributed by atoms with Crippen molar-refractivity contribution in [2.75, 3.05) is 11.9 Å². The number of nitrogens with zero attached hydrogens (tertiary/aromatic N) is 4. The topological polar surface area (TPSA) is 59.7 Å². The first-order chi connectivity index (χ1) is 12.6. The molecule has 0 atom stereocenters. The molecule has 6 nitrogen and oxygen atoms in total. The van der Waals surface area contributed by atoms with E-state index in [-0.39, 0.29) is 5.82 Å². The number of benzene rings is 1. The number of halogens is 2. The second-order valence-corrected chi connectivity index (χ2v) is 6.49. The number of hydrogen-bond donors (Lipinski definition) is 2. The zero-order valence-corrected chi connectivity index (χ0v) is 15.5. The number of anilines is 1. The average molecular weight is 393 g/mol. The second-order valence-electron chi connectivity index (χ2n) is 5.65. The van der Waals surface area contributed by atoms with E-state index >= 15 is 0 Å². The predicted molar refractivity (Wildman–Crippen MR) is 104 cm³/mol. The molecule has 2 aromatic heterocycles. The minimum Gasteiger partial charge on any atom is -0.362 e. The monoisotopic (exact) mass is 392 g/mol. The Hall–Kier alpha value is -2.45. The summed E-state index contributed by atoms with van der Waals surface area (Å²) in [5.74, 6) is 0.367. The summed E-state index contributed by atoms with van der Waals surface area (Å²) in [4.78, 5) is 0. The lowest BCUT2D eigenvalue weighted by molar-refractivity contribution is 0.574. The van der Waals surface area contributed by atoms with Gasteiger partial charge in [0.05, 0.1) is 17.8 Å². The van der Waals surface area contributed by atoms with Crippen LogP contribution in [0, 0.1) is 5.82 Å². The van der Waals surface area contributed by atoms with Crippen LogP contribution in [0.15, 0.2) is 48.9 Å². The summed E-state index contributed by atoms with van der Waals surface area (Å²) in [7, 11) is 0. The van der Waals surface area contributed by atoms with Crippen LogP contribution in [-0.4, -0.2) is 31.2 Å². The number of nitrogens with one attached hydrogen (secondary N) is 2. The minimum absolute atomic E-state index is 0.242. The smallest absolute Gasteiger partial charge is 0.171 e. The SMILES string of the molecule is Fc1ccccc1Cn1ccc(NC(=S)NCCCn2cc(Cl)cn2)n1. The molecular formula is C17H18ClFN6S. The summed E-state index contributed by atoms with van der Waals surface area (Å²) in [6, 6.07) is 8.44. The van der Waals surface area contributed by atoms with Gasteiger partial charge in [0.2, 0.25) is 0 Å². The molecule has 0 aliphatic rings. The Morgan fingerprint density at radius 2 is 2.08 bits per heavy atom. The van der Waals surface area contributed by atoms with E-state index in [0.717, 1.165) is 13.0 Å². The third-order valence-electron chi connectivity index (χ3n) is 3.62. The van der Waals surface area contributed by atoms with Crippen molar-refractivity contribution in [2.45, 2.75) is 19.5 Å². The number of thiocarbonyl (C=S) groups is 1. The normalized spacial score (nSPS) is 10.7. The van der Waals surface area contributed by atoms with Crippen molar-refractivity contribution in [1.29, 1.82) is 0 Å². The van der Waals surface area contributed by atoms with Crippen LogP contribution in [0.3, 0.4) is 0 Å². The van der Waals surface area contributed by atoms with Gasteiger partial charge in [-0.15, -0.1) is 0 Å². The van der Waals surface area contributed by atoms with Gasteiger partial charge in [0, 0.05) is 37.1 Å². The first kappa shape index (κ1) is 18.3. The maximum absolute atomic E-state index is 13.7. The molecule has 0 aliphatic heterocycles. The van der Waals surface area contributed by atoms with Gasteiger partial charge in [-0.05, 0) is 24.7 Å². The molecule has 0 spiro atoms. The lowest BCUT2D eigenvalue weighted by Gasteiger charge is -2.08. The van der Waals surface area contributed by atoms with Crippen molar-refractivity contribution in [1.82, 2.24) is 24.9 Å². The molecule has 9 heteroatoms. The molecule has 1 aromatic carbocycles. The molecule has 0 amide bonds. The molecule has 0 aliphatic carbocycles. The molecule has 3 rings (SSSR count). The largest absolute Gasteiger partial charge is 0.362 e. The molecule has 2 heterocycles. The van der Waals surface area contributed by atoms with Crippen molar-refractivity contribution >= 4 is 34.7 Å². The summed E-state index contributed by atoms with van der Waals surface area (Å²) >= 11 is 11.1. The third kappa shape index (κ3) is 5.27. The maximum Gasteiger partial charge on any atom is 0.171 e. The number of hydrogen-bond acceptors (Lipinski definition) is 3. The van der Waals surface area contributed by atoms with Crippen molar-refractivity contribution in [2.24, 2.45) is 0 Å². The van der Waals surface area contributed by atoms with Gasteiger partial charge >= 0.3 is 0 Å². The fourth-order valence-electron chi connectivity index (χ4n) is 2.38. The van der Waals surface area contributed by atoms with E-state index in [1.165, 1.54) is 6.07 Å². The summed E-state index contributed by atoms with van der Waals surface area (Å²) in [5.41, 5.74) is 0.585. The van der Waals surface area contributed by atoms with E-state index in [4.69, 9.17) is 23.8 Å². The standard InChI is InChI=1S/C17H18ClFN6S/c18-14-10-21-24(12-14)8-3-7-20-17(26)22-16-6-9-25(23-16)11-13-4-1-2-5-15(13)19/h1-2,4-6,9-10,12H,3,7-8,11H2,(H2,20,22,23,26). The lowest BCUT2D eigenvalue weighted by Crippen LogP contribution is -2.30. The van der Waals surface area contributed by atoms with Crippen LogP contribution in [0.4, 0.5) is 10.2 Å². The van der Waals surface area contributed by atoms with E-state index < -0.39 is 0 Å². The zero-order valence-electron chi connectivity index (χ0n) is 13.9. The highest BCUT2D eigenvalue weighted by molar-refractivity contribution is 7.80. The Morgan fingerprint density at radius 3 is 2.85 bits per heavy atom. The maximum atomic E-state index is 13.7. The molecule has 0 fully saturated rings. The van der Waals surface area contributed by atoms with Gasteiger partial charge in [-0.25, -0.2) is 4.39 Å². The molecule has 0 unspecified atom stereocenters. The summed E-state index contributed by atoms with van der Waals surface area (Å²) in [5, 5.41) is 15.7. The molecular weight excluding hydrogens is 375 g/mol. The van der Waals surface area contributed by atoms with E-state index in [1.807, 2.05) is 0 Å². The third-order valence-corrected chi connectivity index (χ3v) is 4.07. The minimum atomic E-state index is -0.242. The summed E-state index contributed by atoms with van der Waals surface area (Å²) in [6.07, 6.45) is 6.01. The van der Waals surface area contributed by atoms with E-state index in [0.29, 0.717) is 34.6 Å². The zero-order chi connectivity index (χ0) is 18.4. The van der Waals surface area contributed by atoms with Crippen molar-refractivity contribution in [3.63, 3.8) is 0 Å². The summed E-state index contributed by atoms with van der Waals surface area (Å²) < 4.78 is 17.1. The molecule has 0 saturated carbocycles. The molecule has 0 radical (unpaired) electrons. The Bertz CT molecular complexity index is 878. The Kier molecular flexibility index (Phi) is 6.19. The molecule has 26 heavy (non-hydrogen) atoms. The van der Waals surface area contributed by atoms with Crippen molar-refractivity contribution < 1.29 is 4.39 Å². The highest BCUT2D eigenvalue weighted by Gasteiger charge is 2.05. The fraction of sp³-hybridized carbons (Fsp3) is 0.235. The Balaban J connectivity index is 1.42. The lowest BCUT2D eigenvalue weighted by atomic mass is 10.2. The van der Waals surface area contributed by atoms with Gasteiger partial charge in [0.15, 0.2) is 10.9 Å². The molecule has 0 saturated heterocycles. The van der Waals surface area contributed by atoms with Crippen LogP contribution in [0.2, 0.25) is 5.02 Å². The van der Waals surface area contributed by atoms with Crippen molar-refractivity contribution in [3.05, 3.63) is 65.3 Å². The average Bonchev–Trinajstić information content (AvgIpc) is 3.23. The Labute approximate surface area is 161 Å². The van der Waals surface area contributed by atoms with Crippen LogP contribution < -0.4 is 10.6 Å². The van der Waals surface area contributed by atoms with Crippen LogP contribution >= 0.6 is 23.8 Å². The van der Waals surface area contributed by atoms with E-state index in [2.05, 4.69) is 20.8 Å². The van der Waals surface area contributed by atoms with Crippen molar-refractivity contribution in [3.8, 4) is 0 Å².